The number of azide groups is 1. The highest BCUT2D eigenvalue weighted by molar-refractivity contribution is 6.30. The van der Waals surface area contributed by atoms with Gasteiger partial charge in [0.05, 0.1) is 6.33 Å². The van der Waals surface area contributed by atoms with Crippen LogP contribution < -0.4 is 15.4 Å². The van der Waals surface area contributed by atoms with E-state index >= 15 is 0 Å². The van der Waals surface area contributed by atoms with Crippen molar-refractivity contribution in [2.24, 2.45) is 5.11 Å². The van der Waals surface area contributed by atoms with Gasteiger partial charge in [-0.25, -0.2) is 15.0 Å². The molecular weight excluding hydrogens is 642 g/mol. The number of halogens is 1. The van der Waals surface area contributed by atoms with Crippen molar-refractivity contribution in [1.82, 2.24) is 34.6 Å². The Morgan fingerprint density at radius 1 is 1.15 bits per heavy atom. The van der Waals surface area contributed by atoms with E-state index in [2.05, 4.69) is 40.5 Å². The molecule has 1 saturated carbocycles. The third kappa shape index (κ3) is 7.27. The number of hydrogen-bond donors (Lipinski definition) is 3. The number of imidazole rings is 1. The molecule has 3 fully saturated rings. The predicted octanol–water partition coefficient (Wildman–Crippen LogP) is 3.02. The van der Waals surface area contributed by atoms with Gasteiger partial charge < -0.3 is 30.1 Å². The first-order valence-corrected chi connectivity index (χ1v) is 16.7. The van der Waals surface area contributed by atoms with Gasteiger partial charge in [-0.05, 0) is 36.6 Å². The lowest BCUT2D eigenvalue weighted by atomic mass is 10.1. The Morgan fingerprint density at radius 2 is 1.92 bits per heavy atom. The van der Waals surface area contributed by atoms with Gasteiger partial charge in [-0.3, -0.25) is 19.1 Å². The summed E-state index contributed by atoms with van der Waals surface area (Å²) in [6, 6.07) is 4.69. The number of likely N-dealkylation sites (N-methyl/N-ethyl adjacent to an activating group) is 1. The van der Waals surface area contributed by atoms with Crippen LogP contribution in [0.25, 0.3) is 21.6 Å². The van der Waals surface area contributed by atoms with Crippen LogP contribution in [0, 0.1) is 0 Å². The number of nitrogens with zero attached hydrogens (tertiary/aromatic N) is 9. The van der Waals surface area contributed by atoms with Crippen molar-refractivity contribution in [3.8, 4) is 5.75 Å². The van der Waals surface area contributed by atoms with Crippen LogP contribution in [-0.4, -0.2) is 110 Å². The minimum Gasteiger partial charge on any atom is -0.483 e. The maximum Gasteiger partial charge on any atom is 0.260 e. The molecule has 3 aliphatic rings. The highest BCUT2D eigenvalue weighted by atomic mass is 35.5. The van der Waals surface area contributed by atoms with E-state index < -0.39 is 30.4 Å². The third-order valence-electron chi connectivity index (χ3n) is 9.39. The molecule has 0 spiro atoms. The summed E-state index contributed by atoms with van der Waals surface area (Å²) in [5.74, 6) is 0.309. The molecular formula is C31H40ClN11O5. The number of fused-ring (bicyclic) bond motifs is 1. The molecule has 2 saturated heterocycles. The van der Waals surface area contributed by atoms with Gasteiger partial charge in [0.2, 0.25) is 5.91 Å². The van der Waals surface area contributed by atoms with Crippen LogP contribution in [-0.2, 0) is 20.9 Å². The normalized spacial score (nSPS) is 23.8. The van der Waals surface area contributed by atoms with E-state index in [9.17, 15) is 14.7 Å². The first-order chi connectivity index (χ1) is 23.4. The topological polar surface area (TPSA) is 196 Å². The van der Waals surface area contributed by atoms with Crippen molar-refractivity contribution in [2.75, 3.05) is 45.2 Å². The molecule has 0 bridgehead atoms. The lowest BCUT2D eigenvalue weighted by Crippen LogP contribution is -2.52. The van der Waals surface area contributed by atoms with Gasteiger partial charge in [-0.15, -0.1) is 0 Å². The molecule has 6 rings (SSSR count). The highest BCUT2D eigenvalue weighted by Gasteiger charge is 2.48. The third-order valence-corrected chi connectivity index (χ3v) is 9.62. The Hall–Kier alpha value is -4.21. The number of rotatable bonds is 10. The van der Waals surface area contributed by atoms with Crippen LogP contribution in [0.2, 0.25) is 5.02 Å². The summed E-state index contributed by atoms with van der Waals surface area (Å²) >= 11 is 6.33. The van der Waals surface area contributed by atoms with Crippen molar-refractivity contribution in [1.29, 1.82) is 0 Å². The van der Waals surface area contributed by atoms with Crippen LogP contribution in [0.5, 0.6) is 5.75 Å². The van der Waals surface area contributed by atoms with Crippen molar-refractivity contribution < 1.29 is 24.2 Å². The highest BCUT2D eigenvalue weighted by Crippen LogP contribution is 2.34. The summed E-state index contributed by atoms with van der Waals surface area (Å²) in [7, 11) is 1.42. The molecule has 3 aromatic rings. The number of ether oxygens (including phenoxy) is 2. The van der Waals surface area contributed by atoms with Crippen LogP contribution in [0.4, 0.5) is 5.82 Å². The summed E-state index contributed by atoms with van der Waals surface area (Å²) < 4.78 is 13.3. The number of amides is 2. The first-order valence-electron chi connectivity index (χ1n) is 16.3. The number of benzene rings is 1. The van der Waals surface area contributed by atoms with Gasteiger partial charge in [0.25, 0.3) is 5.91 Å². The number of aliphatic hydroxyl groups is 1. The Labute approximate surface area is 282 Å². The number of piperazine rings is 1. The quantitative estimate of drug-likeness (QED) is 0.124. The number of anilines is 1. The number of aliphatic hydroxyl groups excluding tert-OH is 1. The van der Waals surface area contributed by atoms with E-state index in [0.717, 1.165) is 13.1 Å². The zero-order chi connectivity index (χ0) is 33.6. The predicted molar refractivity (Wildman–Crippen MR) is 176 cm³/mol. The van der Waals surface area contributed by atoms with Crippen molar-refractivity contribution >= 4 is 40.4 Å². The summed E-state index contributed by atoms with van der Waals surface area (Å²) in [5, 5.41) is 20.7. The molecule has 3 N–H and O–H groups in total. The van der Waals surface area contributed by atoms with Crippen LogP contribution >= 0.6 is 11.6 Å². The number of nitrogens with one attached hydrogen (secondary N) is 2. The van der Waals surface area contributed by atoms with Gasteiger partial charge in [-0.1, -0.05) is 42.4 Å². The molecule has 1 aromatic carbocycles. The zero-order valence-corrected chi connectivity index (χ0v) is 27.5. The standard InChI is InChI=1S/C31H40ClN11O5/c1-34-30(46)27-24(39-40-33)26(45)31(48-27)43-18-38-25-28(36-17-37-29(25)43)35-15-19-14-20(32)8-9-22(19)47-16-23(44)42-12-10-41(11-13-42)21-6-4-2-3-5-7-21/h8-9,14,17-18,21,24,26-27,31,45H,2-7,10-13,15-16H2,1H3,(H,34,46)(H,35,36,37)/t24-,26+,27-,31+/m0/s1. The minimum atomic E-state index is -1.34. The molecule has 2 aliphatic heterocycles. The molecule has 4 atom stereocenters. The molecule has 16 nitrogen and oxygen atoms in total. The van der Waals surface area contributed by atoms with Crippen molar-refractivity contribution in [3.63, 3.8) is 0 Å². The fourth-order valence-corrected chi connectivity index (χ4v) is 7.00. The molecule has 2 aromatic heterocycles. The maximum atomic E-state index is 13.1. The lowest BCUT2D eigenvalue weighted by molar-refractivity contribution is -0.135. The summed E-state index contributed by atoms with van der Waals surface area (Å²) in [4.78, 5) is 45.8. The van der Waals surface area contributed by atoms with E-state index in [0.29, 0.717) is 52.4 Å². The zero-order valence-electron chi connectivity index (χ0n) is 26.7. The van der Waals surface area contributed by atoms with Crippen LogP contribution in [0.1, 0.15) is 50.3 Å². The fraction of sp³-hybridized carbons (Fsp3) is 0.581. The number of hydrogen-bond acceptors (Lipinski definition) is 11. The van der Waals surface area contributed by atoms with E-state index in [4.69, 9.17) is 26.6 Å². The van der Waals surface area contributed by atoms with E-state index in [-0.39, 0.29) is 19.1 Å². The fourth-order valence-electron chi connectivity index (χ4n) is 6.80. The van der Waals surface area contributed by atoms with Gasteiger partial charge in [0.1, 0.15) is 30.3 Å². The SMILES string of the molecule is CNC(=O)[C@H]1O[C@@H](n2cnc3c(NCc4cc(Cl)ccc4OCC(=O)N4CCN(C5CCCCCC5)CC4)ncnc32)[C@H](O)[C@@H]1N=[N+]=[N-]. The van der Waals surface area contributed by atoms with Gasteiger partial charge in [0.15, 0.2) is 29.8 Å². The van der Waals surface area contributed by atoms with E-state index in [1.165, 1.54) is 62.8 Å². The van der Waals surface area contributed by atoms with Crippen molar-refractivity contribution in [3.05, 3.63) is 51.9 Å². The monoisotopic (exact) mass is 681 g/mol. The number of carbonyl (C=O) groups excluding carboxylic acids is 2. The molecule has 0 unspecified atom stereocenters. The molecule has 4 heterocycles. The van der Waals surface area contributed by atoms with Gasteiger partial charge in [0, 0.05) is 61.3 Å². The maximum absolute atomic E-state index is 13.1. The lowest BCUT2D eigenvalue weighted by Gasteiger charge is -2.39. The Balaban J connectivity index is 1.09. The largest absolute Gasteiger partial charge is 0.483 e. The Bertz CT molecular complexity index is 1650. The minimum absolute atomic E-state index is 0.0508. The number of carbonyl (C=O) groups is 2. The summed E-state index contributed by atoms with van der Waals surface area (Å²) in [5.41, 5.74) is 10.4. The van der Waals surface area contributed by atoms with Crippen molar-refractivity contribution in [2.45, 2.75) is 75.6 Å². The van der Waals surface area contributed by atoms with Gasteiger partial charge >= 0.3 is 0 Å². The molecule has 2 amide bonds. The smallest absolute Gasteiger partial charge is 0.260 e. The van der Waals surface area contributed by atoms with Crippen LogP contribution in [0.3, 0.4) is 0 Å². The van der Waals surface area contributed by atoms with E-state index in [1.54, 1.807) is 18.2 Å². The van der Waals surface area contributed by atoms with Gasteiger partial charge in [-0.2, -0.15) is 0 Å². The van der Waals surface area contributed by atoms with E-state index in [1.807, 2.05) is 4.90 Å². The molecule has 48 heavy (non-hydrogen) atoms. The molecule has 0 radical (unpaired) electrons. The Morgan fingerprint density at radius 3 is 2.65 bits per heavy atom. The van der Waals surface area contributed by atoms with Crippen LogP contribution in [0.15, 0.2) is 36.0 Å². The average Bonchev–Trinajstić information content (AvgIpc) is 3.55. The second-order valence-corrected chi connectivity index (χ2v) is 12.7. The molecule has 17 heteroatoms. The molecule has 256 valence electrons. The first kappa shape index (κ1) is 33.7. The summed E-state index contributed by atoms with van der Waals surface area (Å²) in [6.07, 6.45) is 6.85. The Kier molecular flexibility index (Phi) is 10.8. The second-order valence-electron chi connectivity index (χ2n) is 12.3. The average molecular weight is 682 g/mol. The number of aromatic nitrogens is 4. The molecule has 1 aliphatic carbocycles. The summed E-state index contributed by atoms with van der Waals surface area (Å²) in [6.45, 7) is 3.34. The second kappa shape index (κ2) is 15.3.